The Bertz CT molecular complexity index is 542. The second-order valence-corrected chi connectivity index (χ2v) is 5.24. The van der Waals surface area contributed by atoms with Gasteiger partial charge in [-0.15, -0.1) is 0 Å². The van der Waals surface area contributed by atoms with Crippen LogP contribution in [0.4, 0.5) is 11.4 Å². The molecule has 0 saturated carbocycles. The number of nitrogens with two attached hydrogens (primary N) is 2. The Morgan fingerprint density at radius 2 is 2.00 bits per heavy atom. The van der Waals surface area contributed by atoms with Gasteiger partial charge in [-0.2, -0.15) is 0 Å². The Balaban J connectivity index is 2.65. The fraction of sp³-hybridized carbons (Fsp3) is 0.300. The molecular weight excluding hydrogens is 256 g/mol. The van der Waals surface area contributed by atoms with Gasteiger partial charge in [-0.3, -0.25) is 4.79 Å². The van der Waals surface area contributed by atoms with Crippen LogP contribution in [0.25, 0.3) is 0 Å². The van der Waals surface area contributed by atoms with Crippen LogP contribution in [-0.4, -0.2) is 27.4 Å². The summed E-state index contributed by atoms with van der Waals surface area (Å²) in [7, 11) is -3.80. The number of amides is 1. The van der Waals surface area contributed by atoms with Crippen LogP contribution in [0.15, 0.2) is 23.1 Å². The monoisotopic (exact) mass is 272 g/mol. The summed E-state index contributed by atoms with van der Waals surface area (Å²) in [5, 5.41) is 10.6. The molecule has 1 aromatic rings. The molecule has 100 valence electrons. The molecule has 0 aliphatic heterocycles. The number of primary sulfonamides is 1. The van der Waals surface area contributed by atoms with E-state index in [9.17, 15) is 13.2 Å². The summed E-state index contributed by atoms with van der Waals surface area (Å²) in [6.07, 6.45) is 0. The van der Waals surface area contributed by atoms with E-state index in [1.807, 2.05) is 0 Å². The molecule has 18 heavy (non-hydrogen) atoms. The molecule has 0 fully saturated rings. The fourth-order valence-corrected chi connectivity index (χ4v) is 2.01. The maximum absolute atomic E-state index is 11.1. The summed E-state index contributed by atoms with van der Waals surface area (Å²) in [4.78, 5) is 10.5. The molecule has 0 saturated heterocycles. The predicted octanol–water partition coefficient (Wildman–Crippen LogP) is -0.536. The van der Waals surface area contributed by atoms with E-state index in [2.05, 4.69) is 10.6 Å². The van der Waals surface area contributed by atoms with Crippen molar-refractivity contribution in [3.63, 3.8) is 0 Å². The van der Waals surface area contributed by atoms with Crippen LogP contribution in [0.1, 0.15) is 6.92 Å². The quantitative estimate of drug-likeness (QED) is 0.423. The molecule has 0 aliphatic carbocycles. The second-order valence-electron chi connectivity index (χ2n) is 3.71. The van der Waals surface area contributed by atoms with Crippen molar-refractivity contribution in [1.82, 2.24) is 5.32 Å². The number of nitrogen functional groups attached to an aromatic ring is 1. The van der Waals surface area contributed by atoms with Gasteiger partial charge in [-0.25, -0.2) is 13.6 Å². The molecule has 1 amide bonds. The first-order chi connectivity index (χ1) is 8.30. The van der Waals surface area contributed by atoms with E-state index < -0.39 is 10.0 Å². The number of sulfonamides is 1. The van der Waals surface area contributed by atoms with Crippen molar-refractivity contribution in [2.45, 2.75) is 11.8 Å². The fourth-order valence-electron chi connectivity index (χ4n) is 1.36. The SMILES string of the molecule is CC(=O)NCCNc1ccc(S(N)(=O)=O)c(N)c1. The highest BCUT2D eigenvalue weighted by Gasteiger charge is 2.11. The van der Waals surface area contributed by atoms with E-state index in [4.69, 9.17) is 10.9 Å². The summed E-state index contributed by atoms with van der Waals surface area (Å²) >= 11 is 0. The van der Waals surface area contributed by atoms with Gasteiger partial charge < -0.3 is 16.4 Å². The van der Waals surface area contributed by atoms with Gasteiger partial charge in [0.2, 0.25) is 15.9 Å². The average Bonchev–Trinajstić information content (AvgIpc) is 2.22. The minimum Gasteiger partial charge on any atom is -0.398 e. The van der Waals surface area contributed by atoms with Crippen molar-refractivity contribution in [1.29, 1.82) is 0 Å². The van der Waals surface area contributed by atoms with Crippen molar-refractivity contribution in [3.05, 3.63) is 18.2 Å². The standard InChI is InChI=1S/C10H16N4O3S/c1-7(15)13-4-5-14-8-2-3-10(9(11)6-8)18(12,16)17/h2-3,6,14H,4-5,11H2,1H3,(H,13,15)(H2,12,16,17). The Labute approximate surface area is 106 Å². The summed E-state index contributed by atoms with van der Waals surface area (Å²) in [6.45, 7) is 2.40. The summed E-state index contributed by atoms with van der Waals surface area (Å²) in [6, 6.07) is 4.38. The average molecular weight is 272 g/mol. The van der Waals surface area contributed by atoms with Crippen molar-refractivity contribution in [3.8, 4) is 0 Å². The van der Waals surface area contributed by atoms with Crippen molar-refractivity contribution in [2.75, 3.05) is 24.1 Å². The molecule has 0 aliphatic rings. The van der Waals surface area contributed by atoms with Gasteiger partial charge in [0, 0.05) is 25.7 Å². The Hall–Kier alpha value is -1.80. The van der Waals surface area contributed by atoms with Crippen LogP contribution in [0, 0.1) is 0 Å². The molecule has 0 radical (unpaired) electrons. The van der Waals surface area contributed by atoms with Gasteiger partial charge in [0.05, 0.1) is 5.69 Å². The molecule has 6 N–H and O–H groups in total. The number of nitrogens with one attached hydrogen (secondary N) is 2. The zero-order chi connectivity index (χ0) is 13.8. The van der Waals surface area contributed by atoms with Crippen molar-refractivity contribution in [2.24, 2.45) is 5.14 Å². The molecule has 0 unspecified atom stereocenters. The minimum atomic E-state index is -3.80. The number of rotatable bonds is 5. The lowest BCUT2D eigenvalue weighted by atomic mass is 10.3. The van der Waals surface area contributed by atoms with Crippen molar-refractivity contribution >= 4 is 27.3 Å². The van der Waals surface area contributed by atoms with Crippen LogP contribution in [0.3, 0.4) is 0 Å². The highest BCUT2D eigenvalue weighted by Crippen LogP contribution is 2.20. The Morgan fingerprint density at radius 1 is 1.33 bits per heavy atom. The maximum atomic E-state index is 11.1. The molecule has 8 heteroatoms. The first-order valence-corrected chi connectivity index (χ1v) is 6.76. The van der Waals surface area contributed by atoms with Gasteiger partial charge >= 0.3 is 0 Å². The van der Waals surface area contributed by atoms with E-state index >= 15 is 0 Å². The van der Waals surface area contributed by atoms with Gasteiger partial charge in [-0.1, -0.05) is 0 Å². The van der Waals surface area contributed by atoms with E-state index in [0.29, 0.717) is 18.8 Å². The number of carbonyl (C=O) groups is 1. The number of benzene rings is 1. The third-order valence-corrected chi connectivity index (χ3v) is 3.13. The summed E-state index contributed by atoms with van der Waals surface area (Å²) in [5.41, 5.74) is 6.33. The third kappa shape index (κ3) is 4.22. The van der Waals surface area contributed by atoms with Crippen LogP contribution in [0.2, 0.25) is 0 Å². The highest BCUT2D eigenvalue weighted by atomic mass is 32.2. The number of hydrogen-bond acceptors (Lipinski definition) is 5. The first-order valence-electron chi connectivity index (χ1n) is 5.21. The molecule has 7 nitrogen and oxygen atoms in total. The first kappa shape index (κ1) is 14.3. The number of carbonyl (C=O) groups excluding carboxylic acids is 1. The van der Waals surface area contributed by atoms with Crippen LogP contribution in [0.5, 0.6) is 0 Å². The maximum Gasteiger partial charge on any atom is 0.240 e. The molecule has 0 aromatic heterocycles. The van der Waals surface area contributed by atoms with Gasteiger partial charge in [0.15, 0.2) is 0 Å². The van der Waals surface area contributed by atoms with E-state index in [1.165, 1.54) is 19.1 Å². The molecule has 1 rings (SSSR count). The lowest BCUT2D eigenvalue weighted by Crippen LogP contribution is -2.26. The Kier molecular flexibility index (Phi) is 4.51. The van der Waals surface area contributed by atoms with Crippen LogP contribution < -0.4 is 21.5 Å². The van der Waals surface area contributed by atoms with Gasteiger partial charge in [-0.05, 0) is 18.2 Å². The molecule has 0 spiro atoms. The zero-order valence-electron chi connectivity index (χ0n) is 9.93. The topological polar surface area (TPSA) is 127 Å². The van der Waals surface area contributed by atoms with E-state index in [-0.39, 0.29) is 16.5 Å². The van der Waals surface area contributed by atoms with Gasteiger partial charge in [0.25, 0.3) is 0 Å². The predicted molar refractivity (Wildman–Crippen MR) is 69.4 cm³/mol. The lowest BCUT2D eigenvalue weighted by molar-refractivity contribution is -0.118. The van der Waals surface area contributed by atoms with Crippen LogP contribution in [-0.2, 0) is 14.8 Å². The van der Waals surface area contributed by atoms with E-state index in [1.54, 1.807) is 6.07 Å². The molecule has 0 heterocycles. The second kappa shape index (κ2) is 5.69. The molecule has 0 atom stereocenters. The summed E-state index contributed by atoms with van der Waals surface area (Å²) < 4.78 is 22.3. The van der Waals surface area contributed by atoms with Crippen molar-refractivity contribution < 1.29 is 13.2 Å². The van der Waals surface area contributed by atoms with Crippen LogP contribution >= 0.6 is 0 Å². The number of hydrogen-bond donors (Lipinski definition) is 4. The normalized spacial score (nSPS) is 11.0. The molecule has 0 bridgehead atoms. The molecular formula is C10H16N4O3S. The number of anilines is 2. The molecule has 1 aromatic carbocycles. The zero-order valence-corrected chi connectivity index (χ0v) is 10.8. The Morgan fingerprint density at radius 3 is 2.50 bits per heavy atom. The van der Waals surface area contributed by atoms with Gasteiger partial charge in [0.1, 0.15) is 4.90 Å². The minimum absolute atomic E-state index is 0.0852. The van der Waals surface area contributed by atoms with E-state index in [0.717, 1.165) is 0 Å². The lowest BCUT2D eigenvalue weighted by Gasteiger charge is -2.09. The third-order valence-electron chi connectivity index (χ3n) is 2.14. The largest absolute Gasteiger partial charge is 0.398 e. The summed E-state index contributed by atoms with van der Waals surface area (Å²) in [5.74, 6) is -0.110. The smallest absolute Gasteiger partial charge is 0.240 e. The highest BCUT2D eigenvalue weighted by molar-refractivity contribution is 7.89.